The molecule has 3 aliphatic rings. The Labute approximate surface area is 184 Å². The summed E-state index contributed by atoms with van der Waals surface area (Å²) in [5.41, 5.74) is 0.914. The highest BCUT2D eigenvalue weighted by Crippen LogP contribution is 2.47. The number of hydrogen-bond acceptors (Lipinski definition) is 6. The van der Waals surface area contributed by atoms with Crippen LogP contribution < -0.4 is 0 Å². The molecule has 5 rings (SSSR count). The van der Waals surface area contributed by atoms with Crippen LogP contribution in [0.2, 0.25) is 5.02 Å². The second-order valence-electron chi connectivity index (χ2n) is 7.92. The summed E-state index contributed by atoms with van der Waals surface area (Å²) in [5, 5.41) is 7.97. The number of nitrogens with zero attached hydrogens (tertiary/aromatic N) is 2. The molecule has 3 fully saturated rings. The summed E-state index contributed by atoms with van der Waals surface area (Å²) in [6.07, 6.45) is 4.45. The Morgan fingerprint density at radius 1 is 1.27 bits per heavy atom. The highest BCUT2D eigenvalue weighted by Gasteiger charge is 2.59. The van der Waals surface area contributed by atoms with E-state index in [9.17, 15) is 0 Å². The number of ether oxygens (including phenoxy) is 4. The number of halogens is 1. The van der Waals surface area contributed by atoms with Crippen molar-refractivity contribution in [2.75, 3.05) is 6.61 Å². The van der Waals surface area contributed by atoms with Crippen molar-refractivity contribution in [2.24, 2.45) is 0 Å². The molecule has 30 heavy (non-hydrogen) atoms. The molecule has 4 atom stereocenters. The van der Waals surface area contributed by atoms with Crippen molar-refractivity contribution < 1.29 is 18.9 Å². The van der Waals surface area contributed by atoms with E-state index in [1.165, 1.54) is 0 Å². The fourth-order valence-electron chi connectivity index (χ4n) is 4.56. The van der Waals surface area contributed by atoms with Crippen LogP contribution in [-0.4, -0.2) is 51.8 Å². The van der Waals surface area contributed by atoms with Gasteiger partial charge in [-0.25, -0.2) is 0 Å². The SMILES string of the molecule is C=CCO[C@@H]1O[C@H](Cn2c(-c3ccc(Cl)cc3)n[nH]c2=S)[C@H]2OC3(CCCC3)O[C@@H]12. The first-order valence-electron chi connectivity index (χ1n) is 10.2. The standard InChI is InChI=1S/C21H24ClN3O4S/c1-2-11-26-19-17-16(28-21(29-17)9-3-4-10-21)15(27-19)12-25-18(23-24-20(25)30)13-5-7-14(22)8-6-13/h2,5-8,15-17,19H,1,3-4,9-12H2,(H,24,30)/t15-,16-,17-,19-/m1/s1. The summed E-state index contributed by atoms with van der Waals surface area (Å²) >= 11 is 11.5. The minimum Gasteiger partial charge on any atom is -0.346 e. The van der Waals surface area contributed by atoms with Gasteiger partial charge in [-0.1, -0.05) is 17.7 Å². The lowest BCUT2D eigenvalue weighted by molar-refractivity contribution is -0.242. The fraction of sp³-hybridized carbons (Fsp3) is 0.524. The molecule has 2 aromatic rings. The first-order valence-corrected chi connectivity index (χ1v) is 11.0. The van der Waals surface area contributed by atoms with Crippen molar-refractivity contribution >= 4 is 23.8 Å². The molecule has 160 valence electrons. The topological polar surface area (TPSA) is 70.5 Å². The van der Waals surface area contributed by atoms with Crippen LogP contribution in [0.4, 0.5) is 0 Å². The van der Waals surface area contributed by atoms with Crippen LogP contribution >= 0.6 is 23.8 Å². The molecule has 0 radical (unpaired) electrons. The van der Waals surface area contributed by atoms with Crippen LogP contribution in [0.25, 0.3) is 11.4 Å². The molecule has 3 heterocycles. The van der Waals surface area contributed by atoms with Crippen molar-refractivity contribution in [3.63, 3.8) is 0 Å². The number of fused-ring (bicyclic) bond motifs is 1. The van der Waals surface area contributed by atoms with Crippen LogP contribution in [0.5, 0.6) is 0 Å². The van der Waals surface area contributed by atoms with Gasteiger partial charge >= 0.3 is 0 Å². The number of aromatic nitrogens is 3. The second kappa shape index (κ2) is 8.18. The molecular formula is C21H24ClN3O4S. The zero-order valence-electron chi connectivity index (χ0n) is 16.5. The number of nitrogens with one attached hydrogen (secondary N) is 1. The Kier molecular flexibility index (Phi) is 5.55. The second-order valence-corrected chi connectivity index (χ2v) is 8.74. The molecule has 0 bridgehead atoms. The van der Waals surface area contributed by atoms with E-state index < -0.39 is 12.1 Å². The summed E-state index contributed by atoms with van der Waals surface area (Å²) < 4.78 is 27.4. The van der Waals surface area contributed by atoms with E-state index in [2.05, 4.69) is 16.8 Å². The third-order valence-electron chi connectivity index (χ3n) is 5.94. The summed E-state index contributed by atoms with van der Waals surface area (Å²) in [7, 11) is 0. The quantitative estimate of drug-likeness (QED) is 0.525. The molecule has 7 nitrogen and oxygen atoms in total. The minimum atomic E-state index is -0.510. The Balaban J connectivity index is 1.42. The largest absolute Gasteiger partial charge is 0.346 e. The van der Waals surface area contributed by atoms with Crippen molar-refractivity contribution in [3.05, 3.63) is 46.7 Å². The van der Waals surface area contributed by atoms with Gasteiger partial charge in [0.1, 0.15) is 18.3 Å². The molecule has 2 saturated heterocycles. The normalized spacial score (nSPS) is 29.5. The van der Waals surface area contributed by atoms with E-state index in [4.69, 9.17) is 42.8 Å². The van der Waals surface area contributed by atoms with Crippen molar-refractivity contribution in [1.82, 2.24) is 14.8 Å². The molecule has 1 saturated carbocycles. The van der Waals surface area contributed by atoms with Crippen molar-refractivity contribution in [2.45, 2.75) is 62.6 Å². The summed E-state index contributed by atoms with van der Waals surface area (Å²) in [6.45, 7) is 4.59. The van der Waals surface area contributed by atoms with E-state index in [0.29, 0.717) is 22.9 Å². The lowest BCUT2D eigenvalue weighted by atomic mass is 10.1. The third-order valence-corrected chi connectivity index (χ3v) is 6.50. The summed E-state index contributed by atoms with van der Waals surface area (Å²) in [6, 6.07) is 7.50. The molecular weight excluding hydrogens is 426 g/mol. The highest BCUT2D eigenvalue weighted by atomic mass is 35.5. The molecule has 1 N–H and O–H groups in total. The Morgan fingerprint density at radius 3 is 2.73 bits per heavy atom. The number of H-pyrrole nitrogens is 1. The zero-order valence-corrected chi connectivity index (χ0v) is 18.0. The Bertz CT molecular complexity index is 969. The summed E-state index contributed by atoms with van der Waals surface area (Å²) in [4.78, 5) is 0. The number of rotatable bonds is 6. The first-order chi connectivity index (χ1) is 14.6. The highest BCUT2D eigenvalue weighted by molar-refractivity contribution is 7.71. The Hall–Kier alpha value is -1.55. The van der Waals surface area contributed by atoms with Gasteiger partial charge < -0.3 is 18.9 Å². The lowest BCUT2D eigenvalue weighted by Crippen LogP contribution is -2.34. The number of hydrogen-bond donors (Lipinski definition) is 1. The molecule has 1 aromatic carbocycles. The van der Waals surface area contributed by atoms with Crippen LogP contribution in [0.15, 0.2) is 36.9 Å². The van der Waals surface area contributed by atoms with Crippen LogP contribution in [0, 0.1) is 4.77 Å². The van der Waals surface area contributed by atoms with Gasteiger partial charge in [-0.15, -0.1) is 6.58 Å². The van der Waals surface area contributed by atoms with Crippen LogP contribution in [0.3, 0.4) is 0 Å². The van der Waals surface area contributed by atoms with E-state index >= 15 is 0 Å². The summed E-state index contributed by atoms with van der Waals surface area (Å²) in [5.74, 6) is 0.214. The van der Waals surface area contributed by atoms with E-state index in [-0.39, 0.29) is 18.3 Å². The van der Waals surface area contributed by atoms with Gasteiger partial charge in [0.25, 0.3) is 0 Å². The van der Waals surface area contributed by atoms with Gasteiger partial charge in [0.05, 0.1) is 13.2 Å². The molecule has 1 aromatic heterocycles. The van der Waals surface area contributed by atoms with E-state index in [1.54, 1.807) is 6.08 Å². The monoisotopic (exact) mass is 449 g/mol. The third kappa shape index (κ3) is 3.66. The first kappa shape index (κ1) is 20.4. The maximum atomic E-state index is 6.46. The van der Waals surface area contributed by atoms with Gasteiger partial charge in [0, 0.05) is 23.4 Å². The molecule has 1 aliphatic carbocycles. The van der Waals surface area contributed by atoms with Crippen molar-refractivity contribution in [1.29, 1.82) is 0 Å². The predicted octanol–water partition coefficient (Wildman–Crippen LogP) is 4.24. The zero-order chi connectivity index (χ0) is 20.7. The van der Waals surface area contributed by atoms with Gasteiger partial charge in [-0.2, -0.15) is 5.10 Å². The van der Waals surface area contributed by atoms with E-state index in [1.807, 2.05) is 28.8 Å². The lowest BCUT2D eigenvalue weighted by Gasteiger charge is -2.27. The molecule has 0 amide bonds. The molecule has 0 unspecified atom stereocenters. The molecule has 9 heteroatoms. The van der Waals surface area contributed by atoms with E-state index in [0.717, 1.165) is 37.1 Å². The van der Waals surface area contributed by atoms with Crippen LogP contribution in [-0.2, 0) is 25.5 Å². The van der Waals surface area contributed by atoms with Gasteiger partial charge in [0.15, 0.2) is 22.7 Å². The Morgan fingerprint density at radius 2 is 2.00 bits per heavy atom. The van der Waals surface area contributed by atoms with Gasteiger partial charge in [-0.3, -0.25) is 9.67 Å². The fourth-order valence-corrected chi connectivity index (χ4v) is 4.90. The van der Waals surface area contributed by atoms with Gasteiger partial charge in [0.2, 0.25) is 0 Å². The number of aromatic amines is 1. The maximum Gasteiger partial charge on any atom is 0.195 e. The average Bonchev–Trinajstić information content (AvgIpc) is 3.50. The van der Waals surface area contributed by atoms with Crippen molar-refractivity contribution in [3.8, 4) is 11.4 Å². The van der Waals surface area contributed by atoms with Gasteiger partial charge in [-0.05, 0) is 49.3 Å². The average molecular weight is 450 g/mol. The molecule has 1 spiro atoms. The molecule has 2 aliphatic heterocycles. The predicted molar refractivity (Wildman–Crippen MR) is 114 cm³/mol. The minimum absolute atomic E-state index is 0.229. The van der Waals surface area contributed by atoms with Crippen LogP contribution in [0.1, 0.15) is 25.7 Å². The maximum absolute atomic E-state index is 6.46. The smallest absolute Gasteiger partial charge is 0.195 e. The number of benzene rings is 1.